The van der Waals surface area contributed by atoms with E-state index in [1.165, 1.54) is 7.11 Å². The van der Waals surface area contributed by atoms with E-state index in [0.717, 1.165) is 31.9 Å². The van der Waals surface area contributed by atoms with Crippen molar-refractivity contribution in [1.82, 2.24) is 4.98 Å². The smallest absolute Gasteiger partial charge is 0.259 e. The van der Waals surface area contributed by atoms with Crippen LogP contribution in [0.25, 0.3) is 33.3 Å². The number of aromatic nitrogens is 1. The summed E-state index contributed by atoms with van der Waals surface area (Å²) >= 11 is 6.85. The van der Waals surface area contributed by atoms with E-state index >= 15 is 0 Å². The molecule has 5 aromatic rings. The first-order valence-electron chi connectivity index (χ1n) is 9.76. The van der Waals surface area contributed by atoms with Crippen LogP contribution >= 0.6 is 31.9 Å². The van der Waals surface area contributed by atoms with Crippen LogP contribution in [0.4, 0.5) is 5.69 Å². The van der Waals surface area contributed by atoms with Gasteiger partial charge in [-0.1, -0.05) is 52.3 Å². The highest BCUT2D eigenvalue weighted by Crippen LogP contribution is 2.34. The minimum atomic E-state index is -0.287. The molecule has 0 spiro atoms. The summed E-state index contributed by atoms with van der Waals surface area (Å²) in [6.45, 7) is 0. The minimum Gasteiger partial charge on any atom is -0.495 e. The molecule has 0 saturated heterocycles. The summed E-state index contributed by atoms with van der Waals surface area (Å²) in [5.74, 6) is 0.674. The zero-order valence-corrected chi connectivity index (χ0v) is 20.0. The quantitative estimate of drug-likeness (QED) is 0.252. The predicted molar refractivity (Wildman–Crippen MR) is 133 cm³/mol. The number of anilines is 1. The Balaban J connectivity index is 1.49. The van der Waals surface area contributed by atoms with E-state index in [1.54, 1.807) is 6.07 Å². The fourth-order valence-electron chi connectivity index (χ4n) is 3.65. The number of oxazole rings is 1. The molecule has 5 nitrogen and oxygen atoms in total. The number of rotatable bonds is 4. The molecule has 4 aromatic carbocycles. The third-order valence-corrected chi connectivity index (χ3v) is 6.15. The molecule has 1 amide bonds. The highest BCUT2D eigenvalue weighted by atomic mass is 79.9. The Morgan fingerprint density at radius 1 is 1.00 bits per heavy atom. The highest BCUT2D eigenvalue weighted by molar-refractivity contribution is 9.11. The number of carbonyl (C=O) groups is 1. The van der Waals surface area contributed by atoms with Gasteiger partial charge >= 0.3 is 0 Å². The van der Waals surface area contributed by atoms with Gasteiger partial charge in [-0.15, -0.1) is 0 Å². The lowest BCUT2D eigenvalue weighted by Gasteiger charge is -2.12. The Bertz CT molecular complexity index is 1490. The van der Waals surface area contributed by atoms with Crippen LogP contribution in [0.5, 0.6) is 5.75 Å². The lowest BCUT2D eigenvalue weighted by atomic mass is 10.1. The molecule has 0 aliphatic carbocycles. The Labute approximate surface area is 200 Å². The van der Waals surface area contributed by atoms with Crippen LogP contribution in [0.2, 0.25) is 0 Å². The van der Waals surface area contributed by atoms with Crippen molar-refractivity contribution in [3.63, 3.8) is 0 Å². The SMILES string of the molecule is COc1c(Br)cc(Br)cc1C(=O)Nc1cccc(-c2nc3c(ccc4ccccc43)o2)c1. The first-order chi connectivity index (χ1) is 15.5. The monoisotopic (exact) mass is 550 g/mol. The molecule has 0 aliphatic heterocycles. The molecule has 0 unspecified atom stereocenters. The Morgan fingerprint density at radius 2 is 1.84 bits per heavy atom. The van der Waals surface area contributed by atoms with Gasteiger partial charge in [0.25, 0.3) is 5.91 Å². The van der Waals surface area contributed by atoms with Crippen LogP contribution in [0.15, 0.2) is 86.2 Å². The van der Waals surface area contributed by atoms with Crippen molar-refractivity contribution in [2.24, 2.45) is 0 Å². The summed E-state index contributed by atoms with van der Waals surface area (Å²) in [4.78, 5) is 17.7. The maximum absolute atomic E-state index is 13.0. The average Bonchev–Trinajstić information content (AvgIpc) is 3.24. The van der Waals surface area contributed by atoms with Crippen molar-refractivity contribution in [3.05, 3.63) is 87.3 Å². The number of hydrogen-bond donors (Lipinski definition) is 1. The topological polar surface area (TPSA) is 64.4 Å². The largest absolute Gasteiger partial charge is 0.495 e. The van der Waals surface area contributed by atoms with Gasteiger partial charge in [0.1, 0.15) is 11.3 Å². The van der Waals surface area contributed by atoms with Crippen molar-refractivity contribution in [2.75, 3.05) is 12.4 Å². The molecule has 1 heterocycles. The van der Waals surface area contributed by atoms with Crippen LogP contribution in [-0.2, 0) is 0 Å². The summed E-state index contributed by atoms with van der Waals surface area (Å²) in [5, 5.41) is 5.08. The molecule has 1 N–H and O–H groups in total. The third-order valence-electron chi connectivity index (χ3n) is 5.11. The number of halogens is 2. The molecule has 7 heteroatoms. The van der Waals surface area contributed by atoms with Crippen LogP contribution in [0.1, 0.15) is 10.4 Å². The standard InChI is InChI=1S/C25H16Br2N2O3/c1-31-23-19(12-16(26)13-20(23)27)24(30)28-17-7-4-6-15(11-17)25-29-22-18-8-3-2-5-14(18)9-10-21(22)32-25/h2-13H,1H3,(H,28,30). The number of hydrogen-bond acceptors (Lipinski definition) is 4. The van der Waals surface area contributed by atoms with Gasteiger partial charge in [0.15, 0.2) is 5.58 Å². The normalized spacial score (nSPS) is 11.1. The van der Waals surface area contributed by atoms with Gasteiger partial charge in [-0.05, 0) is 57.7 Å². The molecule has 0 bridgehead atoms. The highest BCUT2D eigenvalue weighted by Gasteiger charge is 2.17. The molecule has 1 aromatic heterocycles. The van der Waals surface area contributed by atoms with Gasteiger partial charge < -0.3 is 14.5 Å². The van der Waals surface area contributed by atoms with Gasteiger partial charge in [0.05, 0.1) is 17.1 Å². The van der Waals surface area contributed by atoms with Gasteiger partial charge in [-0.2, -0.15) is 0 Å². The van der Waals surface area contributed by atoms with Crippen molar-refractivity contribution in [3.8, 4) is 17.2 Å². The number of carbonyl (C=O) groups excluding carboxylic acids is 1. The number of fused-ring (bicyclic) bond motifs is 3. The van der Waals surface area contributed by atoms with Gasteiger partial charge in [-0.3, -0.25) is 4.79 Å². The van der Waals surface area contributed by atoms with E-state index in [1.807, 2.05) is 66.7 Å². The zero-order chi connectivity index (χ0) is 22.2. The summed E-state index contributed by atoms with van der Waals surface area (Å²) in [7, 11) is 1.53. The second-order valence-electron chi connectivity index (χ2n) is 7.16. The third kappa shape index (κ3) is 3.78. The maximum Gasteiger partial charge on any atom is 0.259 e. The number of methoxy groups -OCH3 is 1. The molecule has 0 aliphatic rings. The molecule has 0 atom stereocenters. The number of amides is 1. The number of benzene rings is 4. The first kappa shape index (κ1) is 20.7. The maximum atomic E-state index is 13.0. The minimum absolute atomic E-state index is 0.287. The Morgan fingerprint density at radius 3 is 2.69 bits per heavy atom. The van der Waals surface area contributed by atoms with Crippen molar-refractivity contribution in [1.29, 1.82) is 0 Å². The number of ether oxygens (including phenoxy) is 1. The first-order valence-corrected chi connectivity index (χ1v) is 11.4. The van der Waals surface area contributed by atoms with Gasteiger partial charge in [-0.25, -0.2) is 4.98 Å². The van der Waals surface area contributed by atoms with Gasteiger partial charge in [0, 0.05) is 21.1 Å². The Kier molecular flexibility index (Phi) is 5.45. The van der Waals surface area contributed by atoms with E-state index in [0.29, 0.717) is 27.4 Å². The second-order valence-corrected chi connectivity index (χ2v) is 8.93. The molecule has 158 valence electrons. The van der Waals surface area contributed by atoms with E-state index in [-0.39, 0.29) is 5.91 Å². The fraction of sp³-hybridized carbons (Fsp3) is 0.0400. The van der Waals surface area contributed by atoms with Crippen LogP contribution < -0.4 is 10.1 Å². The summed E-state index contributed by atoms with van der Waals surface area (Å²) in [6.07, 6.45) is 0. The lowest BCUT2D eigenvalue weighted by Crippen LogP contribution is -2.13. The van der Waals surface area contributed by atoms with Crippen molar-refractivity contribution in [2.45, 2.75) is 0 Å². The summed E-state index contributed by atoms with van der Waals surface area (Å²) in [5.41, 5.74) is 3.34. The van der Waals surface area contributed by atoms with Gasteiger partial charge in [0.2, 0.25) is 5.89 Å². The lowest BCUT2D eigenvalue weighted by molar-refractivity contribution is 0.102. The number of nitrogens with zero attached hydrogens (tertiary/aromatic N) is 1. The zero-order valence-electron chi connectivity index (χ0n) is 16.9. The molecule has 0 fully saturated rings. The molecular weight excluding hydrogens is 536 g/mol. The molecule has 32 heavy (non-hydrogen) atoms. The predicted octanol–water partition coefficient (Wildman–Crippen LogP) is 7.43. The average molecular weight is 552 g/mol. The molecule has 0 saturated carbocycles. The fourth-order valence-corrected chi connectivity index (χ4v) is 5.04. The second kappa shape index (κ2) is 8.41. The van der Waals surface area contributed by atoms with Crippen LogP contribution in [0, 0.1) is 0 Å². The molecular formula is C25H16Br2N2O3. The van der Waals surface area contributed by atoms with Crippen molar-refractivity contribution < 1.29 is 13.9 Å². The van der Waals surface area contributed by atoms with Crippen LogP contribution in [-0.4, -0.2) is 18.0 Å². The molecule has 0 radical (unpaired) electrons. The summed E-state index contributed by atoms with van der Waals surface area (Å²) in [6, 6.07) is 23.0. The Hall–Kier alpha value is -3.16. The van der Waals surface area contributed by atoms with Crippen LogP contribution in [0.3, 0.4) is 0 Å². The van der Waals surface area contributed by atoms with E-state index in [2.05, 4.69) is 37.2 Å². The number of nitrogens with one attached hydrogen (secondary N) is 1. The van der Waals surface area contributed by atoms with E-state index < -0.39 is 0 Å². The van der Waals surface area contributed by atoms with E-state index in [9.17, 15) is 4.79 Å². The van der Waals surface area contributed by atoms with E-state index in [4.69, 9.17) is 14.1 Å². The molecule has 5 rings (SSSR count). The van der Waals surface area contributed by atoms with Crippen molar-refractivity contribution >= 4 is 65.3 Å². The summed E-state index contributed by atoms with van der Waals surface area (Å²) < 4.78 is 12.9.